The van der Waals surface area contributed by atoms with Crippen molar-refractivity contribution in [1.82, 2.24) is 14.8 Å². The molecule has 0 bridgehead atoms. The molecule has 0 aliphatic carbocycles. The molecule has 3 aromatic rings. The summed E-state index contributed by atoms with van der Waals surface area (Å²) in [6, 6.07) is 11.5. The fraction of sp³-hybridized carbons (Fsp3) is 0.111. The maximum Gasteiger partial charge on any atom is 0.282 e. The van der Waals surface area contributed by atoms with E-state index >= 15 is 0 Å². The maximum atomic E-state index is 12.3. The summed E-state index contributed by atoms with van der Waals surface area (Å²) in [6.07, 6.45) is 2.80. The van der Waals surface area contributed by atoms with E-state index in [1.165, 1.54) is 35.5 Å². The summed E-state index contributed by atoms with van der Waals surface area (Å²) in [5, 5.41) is 20.3. The van der Waals surface area contributed by atoms with E-state index in [0.717, 1.165) is 0 Å². The molecular weight excluding hydrogens is 364 g/mol. The third kappa shape index (κ3) is 4.18. The molecule has 0 saturated carbocycles. The molecule has 3 rings (SSSR count). The molecule has 0 spiro atoms. The molecule has 1 atom stereocenters. The third-order valence-corrected chi connectivity index (χ3v) is 3.97. The lowest BCUT2D eigenvalue weighted by Gasteiger charge is -2.12. The zero-order chi connectivity index (χ0) is 20.1. The molecule has 2 N–H and O–H groups in total. The molecule has 1 unspecified atom stereocenters. The van der Waals surface area contributed by atoms with Gasteiger partial charge in [-0.05, 0) is 37.3 Å². The SMILES string of the molecule is CC(C(=O)Nc1ccc(NC(=O)c2ccccc2[N+](=O)[O-])cc1)n1cncn1. The summed E-state index contributed by atoms with van der Waals surface area (Å²) < 4.78 is 1.43. The van der Waals surface area contributed by atoms with Gasteiger partial charge >= 0.3 is 0 Å². The molecule has 0 saturated heterocycles. The number of nitrogens with one attached hydrogen (secondary N) is 2. The van der Waals surface area contributed by atoms with Gasteiger partial charge in [0.25, 0.3) is 11.6 Å². The zero-order valence-electron chi connectivity index (χ0n) is 14.8. The molecule has 2 amide bonds. The average molecular weight is 380 g/mol. The summed E-state index contributed by atoms with van der Waals surface area (Å²) in [5.74, 6) is -0.869. The molecule has 0 aliphatic heterocycles. The molecule has 10 heteroatoms. The minimum Gasteiger partial charge on any atom is -0.324 e. The third-order valence-electron chi connectivity index (χ3n) is 3.97. The largest absolute Gasteiger partial charge is 0.324 e. The van der Waals surface area contributed by atoms with Crippen LogP contribution >= 0.6 is 0 Å². The number of hydrogen-bond acceptors (Lipinski definition) is 6. The van der Waals surface area contributed by atoms with Crippen molar-refractivity contribution in [3.63, 3.8) is 0 Å². The highest BCUT2D eigenvalue weighted by Gasteiger charge is 2.19. The van der Waals surface area contributed by atoms with Gasteiger partial charge in [-0.2, -0.15) is 5.10 Å². The Hall–Kier alpha value is -4.08. The van der Waals surface area contributed by atoms with Gasteiger partial charge in [0.2, 0.25) is 5.91 Å². The van der Waals surface area contributed by atoms with Gasteiger partial charge in [0, 0.05) is 17.4 Å². The topological polar surface area (TPSA) is 132 Å². The first-order valence-electron chi connectivity index (χ1n) is 8.25. The first-order chi connectivity index (χ1) is 13.5. The molecule has 1 heterocycles. The minimum absolute atomic E-state index is 0.0356. The molecule has 10 nitrogen and oxygen atoms in total. The Morgan fingerprint density at radius 1 is 1.07 bits per heavy atom. The second-order valence-electron chi connectivity index (χ2n) is 5.85. The Morgan fingerprint density at radius 3 is 2.32 bits per heavy atom. The average Bonchev–Trinajstić information content (AvgIpc) is 3.23. The van der Waals surface area contributed by atoms with E-state index < -0.39 is 16.9 Å². The summed E-state index contributed by atoms with van der Waals surface area (Å²) in [7, 11) is 0. The van der Waals surface area contributed by atoms with E-state index in [1.54, 1.807) is 37.3 Å². The van der Waals surface area contributed by atoms with Crippen molar-refractivity contribution in [3.05, 3.63) is 76.9 Å². The number of nitro benzene ring substituents is 1. The lowest BCUT2D eigenvalue weighted by molar-refractivity contribution is -0.385. The smallest absolute Gasteiger partial charge is 0.282 e. The quantitative estimate of drug-likeness (QED) is 0.499. The zero-order valence-corrected chi connectivity index (χ0v) is 14.8. The first kappa shape index (κ1) is 18.7. The standard InChI is InChI=1S/C18H16N6O4/c1-12(23-11-19-10-20-23)17(25)21-13-6-8-14(9-7-13)22-18(26)15-4-2-3-5-16(15)24(27)28/h2-12H,1H3,(H,21,25)(H,22,26). The van der Waals surface area contributed by atoms with Crippen LogP contribution in [0.4, 0.5) is 17.1 Å². The predicted molar refractivity (Wildman–Crippen MR) is 101 cm³/mol. The number of carbonyl (C=O) groups excluding carboxylic acids is 2. The fourth-order valence-electron chi connectivity index (χ4n) is 2.44. The van der Waals surface area contributed by atoms with Crippen molar-refractivity contribution in [3.8, 4) is 0 Å². The first-order valence-corrected chi connectivity index (χ1v) is 8.25. The van der Waals surface area contributed by atoms with Gasteiger partial charge in [-0.1, -0.05) is 12.1 Å². The normalized spacial score (nSPS) is 11.5. The van der Waals surface area contributed by atoms with Gasteiger partial charge < -0.3 is 10.6 Å². The summed E-state index contributed by atoms with van der Waals surface area (Å²) in [4.78, 5) is 38.8. The molecule has 0 radical (unpaired) electrons. The van der Waals surface area contributed by atoms with Crippen LogP contribution in [-0.2, 0) is 4.79 Å². The number of nitro groups is 1. The van der Waals surface area contributed by atoms with Crippen LogP contribution in [0.15, 0.2) is 61.2 Å². The van der Waals surface area contributed by atoms with Crippen LogP contribution in [-0.4, -0.2) is 31.5 Å². The van der Waals surface area contributed by atoms with Crippen LogP contribution in [0.3, 0.4) is 0 Å². The lowest BCUT2D eigenvalue weighted by Crippen LogP contribution is -2.24. The summed E-state index contributed by atoms with van der Waals surface area (Å²) >= 11 is 0. The summed E-state index contributed by atoms with van der Waals surface area (Å²) in [5.41, 5.74) is 0.656. The Kier molecular flexibility index (Phi) is 5.40. The van der Waals surface area contributed by atoms with Gasteiger partial charge in [-0.25, -0.2) is 9.67 Å². The van der Waals surface area contributed by atoms with E-state index in [4.69, 9.17) is 0 Å². The molecule has 142 valence electrons. The second kappa shape index (κ2) is 8.08. The van der Waals surface area contributed by atoms with Crippen LogP contribution < -0.4 is 10.6 Å². The van der Waals surface area contributed by atoms with E-state index in [-0.39, 0.29) is 17.2 Å². The van der Waals surface area contributed by atoms with Crippen LogP contribution in [0.25, 0.3) is 0 Å². The van der Waals surface area contributed by atoms with Gasteiger partial charge in [-0.15, -0.1) is 0 Å². The van der Waals surface area contributed by atoms with E-state index in [1.807, 2.05) is 0 Å². The number of anilines is 2. The van der Waals surface area contributed by atoms with Crippen LogP contribution in [0, 0.1) is 10.1 Å². The molecular formula is C18H16N6O4. The number of nitrogens with zero attached hydrogens (tertiary/aromatic N) is 4. The number of carbonyl (C=O) groups is 2. The number of para-hydroxylation sites is 1. The Balaban J connectivity index is 1.65. The Bertz CT molecular complexity index is 1000. The van der Waals surface area contributed by atoms with E-state index in [9.17, 15) is 19.7 Å². The van der Waals surface area contributed by atoms with Crippen LogP contribution in [0.1, 0.15) is 23.3 Å². The summed E-state index contributed by atoms with van der Waals surface area (Å²) in [6.45, 7) is 1.69. The molecule has 2 aromatic carbocycles. The van der Waals surface area contributed by atoms with Crippen LogP contribution in [0.5, 0.6) is 0 Å². The van der Waals surface area contributed by atoms with Gasteiger partial charge in [0.1, 0.15) is 24.3 Å². The van der Waals surface area contributed by atoms with Crippen molar-refractivity contribution in [2.24, 2.45) is 0 Å². The molecule has 0 aliphatic rings. The van der Waals surface area contributed by atoms with Gasteiger partial charge in [-0.3, -0.25) is 19.7 Å². The molecule has 1 aromatic heterocycles. The van der Waals surface area contributed by atoms with E-state index in [2.05, 4.69) is 20.7 Å². The molecule has 0 fully saturated rings. The highest BCUT2D eigenvalue weighted by molar-refractivity contribution is 6.07. The van der Waals surface area contributed by atoms with Crippen LogP contribution in [0.2, 0.25) is 0 Å². The molecule has 28 heavy (non-hydrogen) atoms. The van der Waals surface area contributed by atoms with E-state index in [0.29, 0.717) is 11.4 Å². The monoisotopic (exact) mass is 380 g/mol. The van der Waals surface area contributed by atoms with Crippen molar-refractivity contribution in [2.45, 2.75) is 13.0 Å². The minimum atomic E-state index is -0.607. The Morgan fingerprint density at radius 2 is 1.71 bits per heavy atom. The maximum absolute atomic E-state index is 12.3. The number of hydrogen-bond donors (Lipinski definition) is 2. The van der Waals surface area contributed by atoms with Crippen molar-refractivity contribution in [2.75, 3.05) is 10.6 Å². The Labute approximate surface area is 159 Å². The van der Waals surface area contributed by atoms with Crippen molar-refractivity contribution in [1.29, 1.82) is 0 Å². The number of aromatic nitrogens is 3. The second-order valence-corrected chi connectivity index (χ2v) is 5.85. The van der Waals surface area contributed by atoms with Crippen molar-refractivity contribution < 1.29 is 14.5 Å². The van der Waals surface area contributed by atoms with Gasteiger partial charge in [0.15, 0.2) is 0 Å². The highest BCUT2D eigenvalue weighted by Crippen LogP contribution is 2.20. The highest BCUT2D eigenvalue weighted by atomic mass is 16.6. The predicted octanol–water partition coefficient (Wildman–Crippen LogP) is 2.64. The number of benzene rings is 2. The van der Waals surface area contributed by atoms with Gasteiger partial charge in [0.05, 0.1) is 4.92 Å². The fourth-order valence-corrected chi connectivity index (χ4v) is 2.44. The lowest BCUT2D eigenvalue weighted by atomic mass is 10.1. The number of rotatable bonds is 6. The number of amides is 2. The van der Waals surface area contributed by atoms with Crippen molar-refractivity contribution >= 4 is 28.9 Å².